The van der Waals surface area contributed by atoms with Crippen molar-refractivity contribution < 1.29 is 0 Å². The highest BCUT2D eigenvalue weighted by atomic mass is 15.2. The van der Waals surface area contributed by atoms with Gasteiger partial charge in [0.2, 0.25) is 0 Å². The molecule has 3 nitrogen and oxygen atoms in total. The maximum absolute atomic E-state index is 4.73. The van der Waals surface area contributed by atoms with Crippen LogP contribution in [0.15, 0.2) is 18.3 Å². The van der Waals surface area contributed by atoms with Crippen molar-refractivity contribution in [2.45, 2.75) is 33.2 Å². The second kappa shape index (κ2) is 4.15. The van der Waals surface area contributed by atoms with Crippen LogP contribution < -0.4 is 0 Å². The Morgan fingerprint density at radius 3 is 3.06 bits per heavy atom. The summed E-state index contributed by atoms with van der Waals surface area (Å²) in [6.45, 7) is 7.78. The average molecular weight is 229 g/mol. The zero-order chi connectivity index (χ0) is 11.8. The minimum atomic E-state index is 1.05. The number of rotatable bonds is 2. The molecule has 0 aliphatic carbocycles. The van der Waals surface area contributed by atoms with Gasteiger partial charge in [-0.05, 0) is 31.5 Å². The Morgan fingerprint density at radius 1 is 1.35 bits per heavy atom. The molecule has 0 radical (unpaired) electrons. The van der Waals surface area contributed by atoms with E-state index in [0.29, 0.717) is 0 Å². The first kappa shape index (κ1) is 10.8. The smallest absolute Gasteiger partial charge is 0.137 e. The van der Waals surface area contributed by atoms with Crippen molar-refractivity contribution in [1.29, 1.82) is 0 Å². The van der Waals surface area contributed by atoms with Crippen molar-refractivity contribution in [2.75, 3.05) is 13.1 Å². The zero-order valence-corrected chi connectivity index (χ0v) is 10.6. The molecular weight excluding hydrogens is 210 g/mol. The van der Waals surface area contributed by atoms with Crippen LogP contribution >= 0.6 is 0 Å². The van der Waals surface area contributed by atoms with Crippen molar-refractivity contribution in [2.24, 2.45) is 0 Å². The third-order valence-electron chi connectivity index (χ3n) is 3.53. The van der Waals surface area contributed by atoms with Crippen LogP contribution in [0.25, 0.3) is 5.65 Å². The van der Waals surface area contributed by atoms with Crippen molar-refractivity contribution in [3.05, 3.63) is 35.3 Å². The van der Waals surface area contributed by atoms with Crippen LogP contribution in [0.1, 0.15) is 30.3 Å². The molecule has 2 aromatic rings. The predicted molar refractivity (Wildman–Crippen MR) is 69.2 cm³/mol. The van der Waals surface area contributed by atoms with E-state index < -0.39 is 0 Å². The van der Waals surface area contributed by atoms with Gasteiger partial charge in [-0.3, -0.25) is 4.90 Å². The molecule has 0 unspecified atom stereocenters. The second-order valence-electron chi connectivity index (χ2n) is 4.97. The van der Waals surface area contributed by atoms with Gasteiger partial charge in [0.25, 0.3) is 0 Å². The number of nitrogens with zero attached hydrogens (tertiary/aromatic N) is 3. The van der Waals surface area contributed by atoms with Crippen LogP contribution in [-0.2, 0) is 13.0 Å². The molecule has 0 aromatic carbocycles. The van der Waals surface area contributed by atoms with E-state index in [1.165, 1.54) is 29.9 Å². The number of hydrogen-bond donors (Lipinski definition) is 0. The Labute approximate surface area is 102 Å². The lowest BCUT2D eigenvalue weighted by Crippen LogP contribution is -2.31. The fourth-order valence-electron chi connectivity index (χ4n) is 2.68. The van der Waals surface area contributed by atoms with Crippen molar-refractivity contribution in [1.82, 2.24) is 14.3 Å². The third-order valence-corrected chi connectivity index (χ3v) is 3.53. The maximum Gasteiger partial charge on any atom is 0.137 e. The standard InChI is InChI=1S/C14H19N3/c1-3-7-16-8-6-12-13(10-16)17-9-11(2)4-5-14(17)15-12/h4-5,9H,3,6-8,10H2,1-2H3. The molecule has 3 heterocycles. The first-order chi connectivity index (χ1) is 8.28. The van der Waals surface area contributed by atoms with Crippen LogP contribution in [0.5, 0.6) is 0 Å². The minimum absolute atomic E-state index is 1.05. The largest absolute Gasteiger partial charge is 0.302 e. The fourth-order valence-corrected chi connectivity index (χ4v) is 2.68. The monoisotopic (exact) mass is 229 g/mol. The molecule has 2 aromatic heterocycles. The van der Waals surface area contributed by atoms with Gasteiger partial charge in [-0.2, -0.15) is 0 Å². The lowest BCUT2D eigenvalue weighted by atomic mass is 10.1. The number of imidazole rings is 1. The first-order valence-corrected chi connectivity index (χ1v) is 6.46. The molecule has 17 heavy (non-hydrogen) atoms. The number of hydrogen-bond acceptors (Lipinski definition) is 2. The number of pyridine rings is 1. The Balaban J connectivity index is 2.04. The molecule has 0 atom stereocenters. The molecule has 0 saturated carbocycles. The summed E-state index contributed by atoms with van der Waals surface area (Å²) >= 11 is 0. The Bertz CT molecular complexity index is 542. The van der Waals surface area contributed by atoms with E-state index in [0.717, 1.165) is 25.2 Å². The summed E-state index contributed by atoms with van der Waals surface area (Å²) in [4.78, 5) is 7.25. The molecule has 90 valence electrons. The van der Waals surface area contributed by atoms with Crippen LogP contribution in [0.3, 0.4) is 0 Å². The Kier molecular flexibility index (Phi) is 2.63. The van der Waals surface area contributed by atoms with Gasteiger partial charge >= 0.3 is 0 Å². The molecule has 1 aliphatic heterocycles. The van der Waals surface area contributed by atoms with Crippen LogP contribution in [0.4, 0.5) is 0 Å². The lowest BCUT2D eigenvalue weighted by Gasteiger charge is -2.25. The quantitative estimate of drug-likeness (QED) is 0.788. The Morgan fingerprint density at radius 2 is 2.24 bits per heavy atom. The summed E-state index contributed by atoms with van der Waals surface area (Å²) in [5.41, 5.74) is 5.08. The molecule has 0 fully saturated rings. The van der Waals surface area contributed by atoms with Gasteiger partial charge < -0.3 is 4.40 Å². The van der Waals surface area contributed by atoms with Gasteiger partial charge in [-0.25, -0.2) is 4.98 Å². The number of aromatic nitrogens is 2. The first-order valence-electron chi connectivity index (χ1n) is 6.46. The normalized spacial score (nSPS) is 16.4. The maximum atomic E-state index is 4.73. The van der Waals surface area contributed by atoms with E-state index in [1.54, 1.807) is 0 Å². The fraction of sp³-hybridized carbons (Fsp3) is 0.500. The second-order valence-corrected chi connectivity index (χ2v) is 4.97. The molecule has 0 saturated heterocycles. The SMILES string of the molecule is CCCN1CCc2nc3ccc(C)cn3c2C1. The van der Waals surface area contributed by atoms with Gasteiger partial charge in [0.15, 0.2) is 0 Å². The summed E-state index contributed by atoms with van der Waals surface area (Å²) in [5, 5.41) is 0. The molecule has 1 aliphatic rings. The van der Waals surface area contributed by atoms with E-state index >= 15 is 0 Å². The average Bonchev–Trinajstić information content (AvgIpc) is 2.67. The number of aryl methyl sites for hydroxylation is 1. The van der Waals surface area contributed by atoms with Crippen LogP contribution in [-0.4, -0.2) is 27.4 Å². The van der Waals surface area contributed by atoms with Gasteiger partial charge in [0.1, 0.15) is 5.65 Å². The molecule has 0 spiro atoms. The summed E-state index contributed by atoms with van der Waals surface area (Å²) < 4.78 is 2.27. The van der Waals surface area contributed by atoms with Gasteiger partial charge in [-0.15, -0.1) is 0 Å². The predicted octanol–water partition coefficient (Wildman–Crippen LogP) is 2.41. The molecule has 0 N–H and O–H groups in total. The minimum Gasteiger partial charge on any atom is -0.302 e. The van der Waals surface area contributed by atoms with E-state index in [1.807, 2.05) is 0 Å². The summed E-state index contributed by atoms with van der Waals surface area (Å²) in [6.07, 6.45) is 4.53. The van der Waals surface area contributed by atoms with Crippen LogP contribution in [0.2, 0.25) is 0 Å². The lowest BCUT2D eigenvalue weighted by molar-refractivity contribution is 0.249. The summed E-state index contributed by atoms with van der Waals surface area (Å²) in [7, 11) is 0. The topological polar surface area (TPSA) is 20.5 Å². The zero-order valence-electron chi connectivity index (χ0n) is 10.6. The summed E-state index contributed by atoms with van der Waals surface area (Å²) in [6, 6.07) is 4.26. The van der Waals surface area contributed by atoms with E-state index in [-0.39, 0.29) is 0 Å². The van der Waals surface area contributed by atoms with Crippen molar-refractivity contribution in [3.63, 3.8) is 0 Å². The molecular formula is C14H19N3. The van der Waals surface area contributed by atoms with Gasteiger partial charge in [0, 0.05) is 25.7 Å². The molecule has 3 rings (SSSR count). The highest BCUT2D eigenvalue weighted by Crippen LogP contribution is 2.21. The van der Waals surface area contributed by atoms with Gasteiger partial charge in [-0.1, -0.05) is 13.0 Å². The third kappa shape index (κ3) is 1.84. The highest BCUT2D eigenvalue weighted by Gasteiger charge is 2.20. The summed E-state index contributed by atoms with van der Waals surface area (Å²) in [5.74, 6) is 0. The number of fused-ring (bicyclic) bond motifs is 3. The molecule has 0 bridgehead atoms. The van der Waals surface area contributed by atoms with E-state index in [9.17, 15) is 0 Å². The Hall–Kier alpha value is -1.35. The van der Waals surface area contributed by atoms with E-state index in [2.05, 4.69) is 41.5 Å². The van der Waals surface area contributed by atoms with Crippen molar-refractivity contribution >= 4 is 5.65 Å². The van der Waals surface area contributed by atoms with Crippen LogP contribution in [0, 0.1) is 6.92 Å². The van der Waals surface area contributed by atoms with E-state index in [4.69, 9.17) is 4.98 Å². The molecule has 3 heteroatoms. The van der Waals surface area contributed by atoms with Gasteiger partial charge in [0.05, 0.1) is 11.4 Å². The highest BCUT2D eigenvalue weighted by molar-refractivity contribution is 5.45. The molecule has 0 amide bonds. The van der Waals surface area contributed by atoms with Crippen molar-refractivity contribution in [3.8, 4) is 0 Å².